The highest BCUT2D eigenvalue weighted by molar-refractivity contribution is 5.81. The molecule has 6 nitrogen and oxygen atoms in total. The maximum atomic E-state index is 11.5. The van der Waals surface area contributed by atoms with Crippen LogP contribution >= 0.6 is 0 Å². The van der Waals surface area contributed by atoms with Crippen molar-refractivity contribution < 1.29 is 14.6 Å². The average Bonchev–Trinajstić information content (AvgIpc) is 2.86. The van der Waals surface area contributed by atoms with Crippen LogP contribution in [-0.4, -0.2) is 42.5 Å². The van der Waals surface area contributed by atoms with Gasteiger partial charge in [0.25, 0.3) is 0 Å². The summed E-state index contributed by atoms with van der Waals surface area (Å²) in [4.78, 5) is 11.5. The summed E-state index contributed by atoms with van der Waals surface area (Å²) in [6.45, 7) is 1.06. The van der Waals surface area contributed by atoms with Crippen molar-refractivity contribution in [1.82, 2.24) is 15.2 Å². The predicted molar refractivity (Wildman–Crippen MR) is 81.2 cm³/mol. The summed E-state index contributed by atoms with van der Waals surface area (Å²) in [6.07, 6.45) is 1.24. The zero-order valence-corrected chi connectivity index (χ0v) is 12.3. The highest BCUT2D eigenvalue weighted by Crippen LogP contribution is 2.20. The molecule has 21 heavy (non-hydrogen) atoms. The van der Waals surface area contributed by atoms with Crippen molar-refractivity contribution in [3.05, 3.63) is 36.0 Å². The van der Waals surface area contributed by atoms with Gasteiger partial charge in [-0.15, -0.1) is 0 Å². The first-order valence-corrected chi connectivity index (χ1v) is 6.85. The number of amides is 2. The van der Waals surface area contributed by atoms with Crippen LogP contribution in [0.25, 0.3) is 10.9 Å². The Balaban J connectivity index is 1.89. The Morgan fingerprint density at radius 1 is 1.38 bits per heavy atom. The number of aliphatic hydroxyl groups is 1. The molecular formula is C15H21N3O3. The van der Waals surface area contributed by atoms with Crippen LogP contribution in [0.4, 0.5) is 4.79 Å². The average molecular weight is 291 g/mol. The number of nitrogens with zero attached hydrogens (tertiary/aromatic N) is 1. The van der Waals surface area contributed by atoms with Gasteiger partial charge in [0.05, 0.1) is 12.7 Å². The van der Waals surface area contributed by atoms with Crippen LogP contribution in [0.15, 0.2) is 30.5 Å². The molecule has 0 saturated carbocycles. The second kappa shape index (κ2) is 7.10. The Bertz CT molecular complexity index is 609. The van der Waals surface area contributed by atoms with E-state index in [9.17, 15) is 9.90 Å². The number of urea groups is 1. The Morgan fingerprint density at radius 3 is 2.95 bits per heavy atom. The van der Waals surface area contributed by atoms with E-state index in [0.717, 1.165) is 16.5 Å². The second-order valence-electron chi connectivity index (χ2n) is 4.89. The maximum absolute atomic E-state index is 11.5. The van der Waals surface area contributed by atoms with E-state index >= 15 is 0 Å². The molecule has 1 aromatic heterocycles. The van der Waals surface area contributed by atoms with Crippen LogP contribution < -0.4 is 10.6 Å². The van der Waals surface area contributed by atoms with Gasteiger partial charge < -0.3 is 25.0 Å². The predicted octanol–water partition coefficient (Wildman–Crippen LogP) is 1.16. The molecule has 2 aromatic rings. The number of benzene rings is 1. The van der Waals surface area contributed by atoms with Crippen molar-refractivity contribution in [2.24, 2.45) is 7.05 Å². The topological polar surface area (TPSA) is 75.5 Å². The van der Waals surface area contributed by atoms with Gasteiger partial charge in [-0.1, -0.05) is 6.07 Å². The quantitative estimate of drug-likeness (QED) is 0.699. The van der Waals surface area contributed by atoms with Gasteiger partial charge in [0, 0.05) is 39.0 Å². The molecule has 0 spiro atoms. The first-order valence-electron chi connectivity index (χ1n) is 6.85. The van der Waals surface area contributed by atoms with E-state index in [1.807, 2.05) is 42.1 Å². The van der Waals surface area contributed by atoms with Crippen molar-refractivity contribution in [3.63, 3.8) is 0 Å². The number of carbonyl (C=O) groups is 1. The molecule has 0 aliphatic rings. The Labute approximate surface area is 123 Å². The summed E-state index contributed by atoms with van der Waals surface area (Å²) in [5.74, 6) is 0. The number of ether oxygens (including phenoxy) is 1. The van der Waals surface area contributed by atoms with E-state index in [-0.39, 0.29) is 12.6 Å². The van der Waals surface area contributed by atoms with E-state index in [1.165, 1.54) is 0 Å². The molecule has 2 amide bonds. The van der Waals surface area contributed by atoms with Crippen LogP contribution in [0, 0.1) is 0 Å². The fraction of sp³-hybridized carbons (Fsp3) is 0.400. The fourth-order valence-corrected chi connectivity index (χ4v) is 2.14. The summed E-state index contributed by atoms with van der Waals surface area (Å²) in [6, 6.07) is 7.46. The largest absolute Gasteiger partial charge is 0.387 e. The third-order valence-corrected chi connectivity index (χ3v) is 3.34. The summed E-state index contributed by atoms with van der Waals surface area (Å²) < 4.78 is 6.86. The van der Waals surface area contributed by atoms with Crippen LogP contribution in [0.2, 0.25) is 0 Å². The molecule has 0 bridgehead atoms. The minimum atomic E-state index is -0.734. The van der Waals surface area contributed by atoms with Gasteiger partial charge >= 0.3 is 6.03 Å². The molecule has 1 aromatic carbocycles. The lowest BCUT2D eigenvalue weighted by atomic mass is 10.1. The highest BCUT2D eigenvalue weighted by atomic mass is 16.5. The van der Waals surface area contributed by atoms with Crippen molar-refractivity contribution in [1.29, 1.82) is 0 Å². The number of methoxy groups -OCH3 is 1. The molecule has 0 fully saturated rings. The lowest BCUT2D eigenvalue weighted by Gasteiger charge is -2.13. The number of carbonyl (C=O) groups excluding carboxylic acids is 1. The second-order valence-corrected chi connectivity index (χ2v) is 4.89. The number of rotatable bonds is 6. The SMILES string of the molecule is COCCNC(=O)NC[C@@H](O)c1ccc2c(ccn2C)c1. The van der Waals surface area contributed by atoms with Gasteiger partial charge in [0.1, 0.15) is 0 Å². The molecule has 6 heteroatoms. The molecule has 1 atom stereocenters. The highest BCUT2D eigenvalue weighted by Gasteiger charge is 2.10. The first kappa shape index (κ1) is 15.3. The molecule has 1 heterocycles. The molecular weight excluding hydrogens is 270 g/mol. The monoisotopic (exact) mass is 291 g/mol. The summed E-state index contributed by atoms with van der Waals surface area (Å²) in [5, 5.41) is 16.5. The zero-order chi connectivity index (χ0) is 15.2. The van der Waals surface area contributed by atoms with Crippen LogP contribution in [0.5, 0.6) is 0 Å². The number of fused-ring (bicyclic) bond motifs is 1. The summed E-state index contributed by atoms with van der Waals surface area (Å²) >= 11 is 0. The number of hydrogen-bond acceptors (Lipinski definition) is 3. The van der Waals surface area contributed by atoms with E-state index in [1.54, 1.807) is 7.11 Å². The Morgan fingerprint density at radius 2 is 2.19 bits per heavy atom. The van der Waals surface area contributed by atoms with E-state index in [2.05, 4.69) is 10.6 Å². The molecule has 0 aliphatic heterocycles. The standard InChI is InChI=1S/C15H21N3O3/c1-18-7-5-11-9-12(3-4-13(11)18)14(19)10-17-15(20)16-6-8-21-2/h3-5,7,9,14,19H,6,8,10H2,1-2H3,(H2,16,17,20)/t14-/m1/s1. The molecule has 3 N–H and O–H groups in total. The van der Waals surface area contributed by atoms with E-state index in [0.29, 0.717) is 13.2 Å². The van der Waals surface area contributed by atoms with Gasteiger partial charge in [0.2, 0.25) is 0 Å². The van der Waals surface area contributed by atoms with Gasteiger partial charge in [-0.25, -0.2) is 4.79 Å². The minimum absolute atomic E-state index is 0.164. The fourth-order valence-electron chi connectivity index (χ4n) is 2.14. The van der Waals surface area contributed by atoms with E-state index < -0.39 is 6.10 Å². The summed E-state index contributed by atoms with van der Waals surface area (Å²) in [5.41, 5.74) is 1.89. The zero-order valence-electron chi connectivity index (χ0n) is 12.3. The van der Waals surface area contributed by atoms with Crippen molar-refractivity contribution in [2.75, 3.05) is 26.8 Å². The smallest absolute Gasteiger partial charge is 0.314 e. The van der Waals surface area contributed by atoms with Gasteiger partial charge in [-0.05, 0) is 29.1 Å². The number of hydrogen-bond donors (Lipinski definition) is 3. The first-order chi connectivity index (χ1) is 10.1. The molecule has 0 saturated heterocycles. The Kier molecular flexibility index (Phi) is 5.19. The molecule has 0 radical (unpaired) electrons. The van der Waals surface area contributed by atoms with Crippen LogP contribution in [0.3, 0.4) is 0 Å². The molecule has 114 valence electrons. The van der Waals surface area contributed by atoms with Crippen molar-refractivity contribution >= 4 is 16.9 Å². The van der Waals surface area contributed by atoms with Crippen LogP contribution in [0.1, 0.15) is 11.7 Å². The number of nitrogens with one attached hydrogen (secondary N) is 2. The van der Waals surface area contributed by atoms with Gasteiger partial charge in [0.15, 0.2) is 0 Å². The van der Waals surface area contributed by atoms with Crippen molar-refractivity contribution in [3.8, 4) is 0 Å². The third kappa shape index (κ3) is 3.96. The van der Waals surface area contributed by atoms with Gasteiger partial charge in [-0.3, -0.25) is 0 Å². The van der Waals surface area contributed by atoms with Crippen LogP contribution in [-0.2, 0) is 11.8 Å². The number of aryl methyl sites for hydroxylation is 1. The lowest BCUT2D eigenvalue weighted by molar-refractivity contribution is 0.171. The lowest BCUT2D eigenvalue weighted by Crippen LogP contribution is -2.39. The number of aliphatic hydroxyl groups excluding tert-OH is 1. The van der Waals surface area contributed by atoms with Gasteiger partial charge in [-0.2, -0.15) is 0 Å². The Hall–Kier alpha value is -2.05. The van der Waals surface area contributed by atoms with E-state index in [4.69, 9.17) is 4.74 Å². The minimum Gasteiger partial charge on any atom is -0.387 e. The normalized spacial score (nSPS) is 12.3. The molecule has 2 rings (SSSR count). The summed E-state index contributed by atoms with van der Waals surface area (Å²) in [7, 11) is 3.55. The number of aromatic nitrogens is 1. The third-order valence-electron chi connectivity index (χ3n) is 3.34. The van der Waals surface area contributed by atoms with Crippen molar-refractivity contribution in [2.45, 2.75) is 6.10 Å². The molecule has 0 unspecified atom stereocenters. The maximum Gasteiger partial charge on any atom is 0.314 e. The molecule has 0 aliphatic carbocycles.